The van der Waals surface area contributed by atoms with Crippen LogP contribution in [0.3, 0.4) is 0 Å². The lowest BCUT2D eigenvalue weighted by atomic mass is 9.62. The number of allylic oxidation sites excluding steroid dienone is 3. The number of nitrogens with zero attached hydrogens (tertiary/aromatic N) is 1. The number of fused-ring (bicyclic) bond motifs is 3. The van der Waals surface area contributed by atoms with Crippen molar-refractivity contribution in [1.82, 2.24) is 0 Å². The number of rotatable bonds is 6. The number of ether oxygens (including phenoxy) is 4. The first kappa shape index (κ1) is 25.7. The van der Waals surface area contributed by atoms with Crippen LogP contribution < -0.4 is 4.74 Å². The third-order valence-corrected chi connectivity index (χ3v) is 8.19. The number of benzene rings is 1. The Morgan fingerprint density at radius 3 is 2.62 bits per heavy atom. The summed E-state index contributed by atoms with van der Waals surface area (Å²) in [5.74, 6) is 1.70. The maximum Gasteiger partial charge on any atom is 0.295 e. The number of carbonyl (C=O) groups excluding carboxylic acids is 1. The molecule has 1 saturated carbocycles. The zero-order chi connectivity index (χ0) is 26.1. The Bertz CT molecular complexity index is 1140. The van der Waals surface area contributed by atoms with Crippen molar-refractivity contribution in [1.29, 1.82) is 5.26 Å². The maximum atomic E-state index is 10.8. The highest BCUT2D eigenvalue weighted by Gasteiger charge is 2.46. The van der Waals surface area contributed by atoms with Crippen LogP contribution >= 0.6 is 0 Å². The summed E-state index contributed by atoms with van der Waals surface area (Å²) in [5.41, 5.74) is 5.48. The Balaban J connectivity index is 1.50. The van der Waals surface area contributed by atoms with E-state index in [2.05, 4.69) is 10.8 Å². The lowest BCUT2D eigenvalue weighted by Crippen LogP contribution is -2.59. The van der Waals surface area contributed by atoms with Gasteiger partial charge in [0.2, 0.25) is 12.6 Å². The molecule has 7 atom stereocenters. The summed E-state index contributed by atoms with van der Waals surface area (Å²) in [5, 5.41) is 40.4. The lowest BCUT2D eigenvalue weighted by molar-refractivity contribution is -0.321. The Morgan fingerprint density at radius 2 is 1.86 bits per heavy atom. The van der Waals surface area contributed by atoms with Crippen LogP contribution in [0.1, 0.15) is 62.5 Å². The van der Waals surface area contributed by atoms with Crippen molar-refractivity contribution in [3.8, 4) is 11.8 Å². The monoisotopic (exact) mass is 511 g/mol. The van der Waals surface area contributed by atoms with Crippen molar-refractivity contribution in [3.05, 3.63) is 46.0 Å². The highest BCUT2D eigenvalue weighted by molar-refractivity contribution is 5.68. The highest BCUT2D eigenvalue weighted by Crippen LogP contribution is 2.53. The van der Waals surface area contributed by atoms with Gasteiger partial charge in [-0.05, 0) is 74.6 Å². The smallest absolute Gasteiger partial charge is 0.295 e. The molecule has 3 aliphatic carbocycles. The minimum atomic E-state index is -1.69. The third-order valence-electron chi connectivity index (χ3n) is 8.19. The quantitative estimate of drug-likeness (QED) is 0.299. The number of hydrogen-bond donors (Lipinski definition) is 3. The molecule has 3 N–H and O–H groups in total. The van der Waals surface area contributed by atoms with E-state index in [1.165, 1.54) is 31.3 Å². The van der Waals surface area contributed by atoms with Gasteiger partial charge in [0.05, 0.1) is 12.7 Å². The van der Waals surface area contributed by atoms with E-state index >= 15 is 0 Å². The minimum absolute atomic E-state index is 0.0714. The van der Waals surface area contributed by atoms with E-state index in [4.69, 9.17) is 14.2 Å². The van der Waals surface area contributed by atoms with Gasteiger partial charge in [-0.15, -0.1) is 0 Å². The van der Waals surface area contributed by atoms with Crippen LogP contribution in [0, 0.1) is 23.2 Å². The average molecular weight is 512 g/mol. The lowest BCUT2D eigenvalue weighted by Gasteiger charge is -2.43. The van der Waals surface area contributed by atoms with Gasteiger partial charge in [-0.3, -0.25) is 9.53 Å². The summed E-state index contributed by atoms with van der Waals surface area (Å²) in [4.78, 5) is 10.8. The van der Waals surface area contributed by atoms with Crippen molar-refractivity contribution in [2.24, 2.45) is 11.8 Å². The predicted octanol–water partition coefficient (Wildman–Crippen LogP) is 2.92. The second-order valence-corrected chi connectivity index (χ2v) is 10.2. The molecule has 9 heteroatoms. The van der Waals surface area contributed by atoms with Crippen molar-refractivity contribution >= 4 is 12.2 Å². The molecular formula is C28H33NO8. The summed E-state index contributed by atoms with van der Waals surface area (Å²) in [7, 11) is 1.66. The van der Waals surface area contributed by atoms with Gasteiger partial charge in [-0.1, -0.05) is 17.6 Å². The standard InChI is InChI=1S/C28H33NO8/c1-34-26(22-16-6-4-8-20(22)19-7-3-2-5-15(19)11-16)17-9-10-18(13-29)21(12-17)36-28-25(33)23(31)24(32)27(37-28)35-14-30/h9-10,12,14,16,20,23-25,27-28,31-33H,2-8,11H2,1H3/b26-22+/t16?,20?,23-,24-,25?,27?,28+/m0/s1. The van der Waals surface area contributed by atoms with Crippen LogP contribution in [0.5, 0.6) is 5.75 Å². The molecule has 2 bridgehead atoms. The van der Waals surface area contributed by atoms with E-state index < -0.39 is 30.9 Å². The molecule has 1 saturated heterocycles. The largest absolute Gasteiger partial charge is 0.496 e. The first-order chi connectivity index (χ1) is 18.0. The van der Waals surface area contributed by atoms with Gasteiger partial charge in [0.15, 0.2) is 0 Å². The van der Waals surface area contributed by atoms with Gasteiger partial charge >= 0.3 is 0 Å². The van der Waals surface area contributed by atoms with E-state index in [9.17, 15) is 25.4 Å². The number of methoxy groups -OCH3 is 1. The second kappa shape index (κ2) is 10.8. The number of nitriles is 1. The highest BCUT2D eigenvalue weighted by atomic mass is 16.8. The Labute approximate surface area is 215 Å². The molecule has 1 aromatic rings. The molecule has 1 aromatic carbocycles. The molecule has 4 aliphatic rings. The molecule has 37 heavy (non-hydrogen) atoms. The summed E-state index contributed by atoms with van der Waals surface area (Å²) in [6.07, 6.45) is 1.32. The molecule has 0 radical (unpaired) electrons. The average Bonchev–Trinajstić information content (AvgIpc) is 2.91. The van der Waals surface area contributed by atoms with Crippen molar-refractivity contribution in [3.63, 3.8) is 0 Å². The molecule has 4 unspecified atom stereocenters. The van der Waals surface area contributed by atoms with Gasteiger partial charge in [-0.2, -0.15) is 5.26 Å². The van der Waals surface area contributed by atoms with Crippen molar-refractivity contribution in [2.45, 2.75) is 82.3 Å². The van der Waals surface area contributed by atoms with Crippen LogP contribution in [0.4, 0.5) is 0 Å². The molecule has 5 rings (SSSR count). The third kappa shape index (κ3) is 4.75. The van der Waals surface area contributed by atoms with Crippen molar-refractivity contribution < 1.29 is 39.1 Å². The molecule has 2 fully saturated rings. The van der Waals surface area contributed by atoms with Crippen LogP contribution in [-0.4, -0.2) is 59.8 Å². The summed E-state index contributed by atoms with van der Waals surface area (Å²) < 4.78 is 21.9. The second-order valence-electron chi connectivity index (χ2n) is 10.2. The van der Waals surface area contributed by atoms with E-state index in [-0.39, 0.29) is 17.8 Å². The normalized spacial score (nSPS) is 34.6. The predicted molar refractivity (Wildman–Crippen MR) is 130 cm³/mol. The van der Waals surface area contributed by atoms with E-state index in [0.29, 0.717) is 11.8 Å². The van der Waals surface area contributed by atoms with Gasteiger partial charge in [-0.25, -0.2) is 0 Å². The maximum absolute atomic E-state index is 10.8. The van der Waals surface area contributed by atoms with Crippen molar-refractivity contribution in [2.75, 3.05) is 7.11 Å². The van der Waals surface area contributed by atoms with Gasteiger partial charge in [0.25, 0.3) is 6.47 Å². The molecule has 1 aliphatic heterocycles. The Hall–Kier alpha value is -2.90. The number of hydrogen-bond acceptors (Lipinski definition) is 9. The zero-order valence-corrected chi connectivity index (χ0v) is 20.8. The minimum Gasteiger partial charge on any atom is -0.496 e. The molecule has 9 nitrogen and oxygen atoms in total. The van der Waals surface area contributed by atoms with E-state index in [0.717, 1.165) is 37.0 Å². The van der Waals surface area contributed by atoms with Gasteiger partial charge in [0.1, 0.15) is 35.9 Å². The number of carbonyl (C=O) groups is 1. The number of aliphatic hydroxyl groups is 3. The summed E-state index contributed by atoms with van der Waals surface area (Å²) in [6.45, 7) is 0.0714. The SMILES string of the molecule is CO/C(=C1\C2CCCC1C1=C(CCCC1)C2)c1ccc(C#N)c(O[C@@H]2OC(OC=O)[C@@H](O)[C@H](O)C2O)c1. The van der Waals surface area contributed by atoms with E-state index in [1.807, 2.05) is 6.07 Å². The Morgan fingerprint density at radius 1 is 1.08 bits per heavy atom. The molecule has 198 valence electrons. The summed E-state index contributed by atoms with van der Waals surface area (Å²) >= 11 is 0. The van der Waals surface area contributed by atoms with Gasteiger partial charge < -0.3 is 29.5 Å². The van der Waals surface area contributed by atoms with Crippen LogP contribution in [0.2, 0.25) is 0 Å². The van der Waals surface area contributed by atoms with Crippen LogP contribution in [0.15, 0.2) is 34.9 Å². The Kier molecular flexibility index (Phi) is 7.54. The molecular weight excluding hydrogens is 478 g/mol. The molecule has 0 aromatic heterocycles. The fourth-order valence-corrected chi connectivity index (χ4v) is 6.49. The first-order valence-electron chi connectivity index (χ1n) is 13.0. The molecule has 0 amide bonds. The molecule has 1 heterocycles. The van der Waals surface area contributed by atoms with E-state index in [1.54, 1.807) is 30.4 Å². The fourth-order valence-electron chi connectivity index (χ4n) is 6.49. The number of aliphatic hydroxyl groups excluding tert-OH is 3. The van der Waals surface area contributed by atoms with Gasteiger partial charge in [0, 0.05) is 11.5 Å². The van der Waals surface area contributed by atoms with Crippen LogP contribution in [0.25, 0.3) is 5.76 Å². The summed E-state index contributed by atoms with van der Waals surface area (Å²) in [6, 6.07) is 7.19. The zero-order valence-electron chi connectivity index (χ0n) is 20.8. The molecule has 0 spiro atoms. The van der Waals surface area contributed by atoms with Crippen LogP contribution in [-0.2, 0) is 19.0 Å². The first-order valence-corrected chi connectivity index (χ1v) is 13.0. The topological polar surface area (TPSA) is 138 Å². The fraction of sp³-hybridized carbons (Fsp3) is 0.571.